The molecule has 0 saturated heterocycles. The van der Waals surface area contributed by atoms with Crippen LogP contribution in [-0.2, 0) is 24.3 Å². The molecule has 7 heteroatoms. The molecule has 1 amide bonds. The van der Waals surface area contributed by atoms with Crippen molar-refractivity contribution in [3.05, 3.63) is 65.0 Å². The van der Waals surface area contributed by atoms with Gasteiger partial charge in [0.1, 0.15) is 12.4 Å². The number of hydrogen-bond donors (Lipinski definition) is 0. The molecule has 0 radical (unpaired) electrons. The fourth-order valence-corrected chi connectivity index (χ4v) is 3.77. The van der Waals surface area contributed by atoms with Gasteiger partial charge in [0.25, 0.3) is 0 Å². The van der Waals surface area contributed by atoms with Crippen molar-refractivity contribution in [2.24, 2.45) is 0 Å². The molecule has 7 nitrogen and oxygen atoms in total. The Morgan fingerprint density at radius 1 is 1.19 bits per heavy atom. The van der Waals surface area contributed by atoms with Gasteiger partial charge in [-0.1, -0.05) is 30.3 Å². The summed E-state index contributed by atoms with van der Waals surface area (Å²) in [5, 5.41) is 13.2. The second-order valence-corrected chi connectivity index (χ2v) is 7.27. The number of hydrogen-bond acceptors (Lipinski definition) is 4. The van der Waals surface area contributed by atoms with Crippen LogP contribution in [0, 0.1) is 13.8 Å². The number of benzene rings is 1. The van der Waals surface area contributed by atoms with E-state index in [0.29, 0.717) is 13.1 Å². The number of carbonyl (C=O) groups excluding carboxylic acids is 1. The maximum atomic E-state index is 12.8. The third kappa shape index (κ3) is 3.49. The summed E-state index contributed by atoms with van der Waals surface area (Å²) in [5.74, 6) is 1.86. The van der Waals surface area contributed by atoms with Crippen LogP contribution in [0.3, 0.4) is 0 Å². The third-order valence-electron chi connectivity index (χ3n) is 5.04. The summed E-state index contributed by atoms with van der Waals surface area (Å²) in [4.78, 5) is 14.6. The molecule has 0 unspecified atom stereocenters. The zero-order valence-corrected chi connectivity index (χ0v) is 16.0. The van der Waals surface area contributed by atoms with Gasteiger partial charge in [-0.05, 0) is 32.4 Å². The number of carbonyl (C=O) groups is 1. The second-order valence-electron chi connectivity index (χ2n) is 7.27. The Balaban J connectivity index is 1.50. The van der Waals surface area contributed by atoms with E-state index in [4.69, 9.17) is 0 Å². The van der Waals surface area contributed by atoms with E-state index < -0.39 is 0 Å². The van der Waals surface area contributed by atoms with Crippen molar-refractivity contribution in [1.82, 2.24) is 29.4 Å². The average molecular weight is 364 g/mol. The fourth-order valence-electron chi connectivity index (χ4n) is 3.77. The number of aromatic nitrogens is 5. The maximum absolute atomic E-state index is 12.8. The number of rotatable bonds is 4. The largest absolute Gasteiger partial charge is 0.331 e. The zero-order chi connectivity index (χ0) is 19.0. The summed E-state index contributed by atoms with van der Waals surface area (Å²) in [6.07, 6.45) is 0.748. The molecule has 3 heterocycles. The van der Waals surface area contributed by atoms with Gasteiger partial charge in [0.2, 0.25) is 5.91 Å². The Morgan fingerprint density at radius 2 is 1.96 bits per heavy atom. The van der Waals surface area contributed by atoms with Crippen LogP contribution >= 0.6 is 0 Å². The first-order valence-electron chi connectivity index (χ1n) is 9.26. The highest BCUT2D eigenvalue weighted by Crippen LogP contribution is 2.23. The van der Waals surface area contributed by atoms with Gasteiger partial charge >= 0.3 is 0 Å². The molecular formula is C20H24N6O. The lowest BCUT2D eigenvalue weighted by Gasteiger charge is -2.32. The van der Waals surface area contributed by atoms with Crippen molar-refractivity contribution in [2.45, 2.75) is 46.3 Å². The average Bonchev–Trinajstić information content (AvgIpc) is 3.19. The Labute approximate surface area is 158 Å². The van der Waals surface area contributed by atoms with Crippen molar-refractivity contribution in [1.29, 1.82) is 0 Å². The van der Waals surface area contributed by atoms with E-state index in [9.17, 15) is 4.79 Å². The van der Waals surface area contributed by atoms with E-state index in [0.717, 1.165) is 29.5 Å². The molecule has 27 heavy (non-hydrogen) atoms. The molecule has 1 aliphatic rings. The minimum atomic E-state index is 0.0620. The molecule has 140 valence electrons. The number of amides is 1. The Bertz CT molecular complexity index is 958. The summed E-state index contributed by atoms with van der Waals surface area (Å²) >= 11 is 0. The van der Waals surface area contributed by atoms with E-state index >= 15 is 0 Å². The molecule has 0 bridgehead atoms. The van der Waals surface area contributed by atoms with E-state index in [-0.39, 0.29) is 18.5 Å². The van der Waals surface area contributed by atoms with Gasteiger partial charge in [-0.15, -0.1) is 10.2 Å². The normalized spacial score (nSPS) is 16.4. The van der Waals surface area contributed by atoms with Gasteiger partial charge in [-0.2, -0.15) is 5.10 Å². The van der Waals surface area contributed by atoms with Crippen LogP contribution in [-0.4, -0.2) is 41.9 Å². The molecule has 0 aliphatic carbocycles. The molecule has 0 saturated carbocycles. The van der Waals surface area contributed by atoms with Crippen LogP contribution in [0.5, 0.6) is 0 Å². The SMILES string of the molecule is Cc1cc(C)n(CC(=O)N2Cc3nnc(Cc4ccccc4)n3[C@@H](C)C2)n1. The molecule has 0 N–H and O–H groups in total. The molecule has 2 aromatic heterocycles. The van der Waals surface area contributed by atoms with E-state index in [1.165, 1.54) is 5.56 Å². The van der Waals surface area contributed by atoms with Gasteiger partial charge in [0.15, 0.2) is 5.82 Å². The first kappa shape index (κ1) is 17.5. The van der Waals surface area contributed by atoms with Crippen molar-refractivity contribution < 1.29 is 4.79 Å². The van der Waals surface area contributed by atoms with Gasteiger partial charge in [-0.3, -0.25) is 9.48 Å². The van der Waals surface area contributed by atoms with Crippen LogP contribution in [0.4, 0.5) is 0 Å². The molecule has 1 aromatic carbocycles. The standard InChI is InChI=1S/C20H24N6O/c1-14-9-15(2)25(23-14)13-20(27)24-11-16(3)26-18(21-22-19(26)12-24)10-17-7-5-4-6-8-17/h4-9,16H,10-13H2,1-3H3/t16-/m0/s1. The smallest absolute Gasteiger partial charge is 0.244 e. The molecule has 1 aliphatic heterocycles. The van der Waals surface area contributed by atoms with Gasteiger partial charge in [-0.25, -0.2) is 0 Å². The number of aryl methyl sites for hydroxylation is 2. The monoisotopic (exact) mass is 364 g/mol. The second kappa shape index (κ2) is 6.98. The Kier molecular flexibility index (Phi) is 4.51. The van der Waals surface area contributed by atoms with E-state index in [1.807, 2.05) is 43.0 Å². The summed E-state index contributed by atoms with van der Waals surface area (Å²) in [7, 11) is 0. The fraction of sp³-hybridized carbons (Fsp3) is 0.400. The molecule has 0 spiro atoms. The van der Waals surface area contributed by atoms with Crippen molar-refractivity contribution in [3.63, 3.8) is 0 Å². The number of nitrogens with zero attached hydrogens (tertiary/aromatic N) is 6. The summed E-state index contributed by atoms with van der Waals surface area (Å²) < 4.78 is 3.95. The van der Waals surface area contributed by atoms with Crippen molar-refractivity contribution in [2.75, 3.05) is 6.54 Å². The lowest BCUT2D eigenvalue weighted by Crippen LogP contribution is -2.42. The Hall–Kier alpha value is -2.96. The van der Waals surface area contributed by atoms with Gasteiger partial charge in [0, 0.05) is 18.7 Å². The van der Waals surface area contributed by atoms with Crippen LogP contribution in [0.25, 0.3) is 0 Å². The van der Waals surface area contributed by atoms with Crippen molar-refractivity contribution >= 4 is 5.91 Å². The molecule has 1 atom stereocenters. The third-order valence-corrected chi connectivity index (χ3v) is 5.04. The summed E-state index contributed by atoms with van der Waals surface area (Å²) in [5.41, 5.74) is 3.14. The van der Waals surface area contributed by atoms with Gasteiger partial charge in [0.05, 0.1) is 18.3 Å². The topological polar surface area (TPSA) is 68.8 Å². The van der Waals surface area contributed by atoms with Crippen LogP contribution in [0.2, 0.25) is 0 Å². The maximum Gasteiger partial charge on any atom is 0.244 e. The van der Waals surface area contributed by atoms with Crippen LogP contribution in [0.15, 0.2) is 36.4 Å². The predicted octanol–water partition coefficient (Wildman–Crippen LogP) is 2.29. The Morgan fingerprint density at radius 3 is 2.67 bits per heavy atom. The van der Waals surface area contributed by atoms with Crippen LogP contribution in [0.1, 0.15) is 41.6 Å². The lowest BCUT2D eigenvalue weighted by atomic mass is 10.1. The number of fused-ring (bicyclic) bond motifs is 1. The molecule has 4 rings (SSSR count). The first-order valence-corrected chi connectivity index (χ1v) is 9.26. The minimum absolute atomic E-state index is 0.0620. The highest BCUT2D eigenvalue weighted by atomic mass is 16.2. The molecular weight excluding hydrogens is 340 g/mol. The van der Waals surface area contributed by atoms with Gasteiger partial charge < -0.3 is 9.47 Å². The zero-order valence-electron chi connectivity index (χ0n) is 16.0. The van der Waals surface area contributed by atoms with Crippen LogP contribution < -0.4 is 0 Å². The first-order chi connectivity index (χ1) is 13.0. The molecule has 0 fully saturated rings. The van der Waals surface area contributed by atoms with E-state index in [1.54, 1.807) is 4.68 Å². The van der Waals surface area contributed by atoms with Crippen molar-refractivity contribution in [3.8, 4) is 0 Å². The molecule has 3 aromatic rings. The van der Waals surface area contributed by atoms with E-state index in [2.05, 4.69) is 38.9 Å². The highest BCUT2D eigenvalue weighted by Gasteiger charge is 2.29. The summed E-state index contributed by atoms with van der Waals surface area (Å²) in [6.45, 7) is 7.43. The highest BCUT2D eigenvalue weighted by molar-refractivity contribution is 5.76. The lowest BCUT2D eigenvalue weighted by molar-refractivity contribution is -0.134. The quantitative estimate of drug-likeness (QED) is 0.712. The summed E-state index contributed by atoms with van der Waals surface area (Å²) in [6, 6.07) is 12.4. The minimum Gasteiger partial charge on any atom is -0.331 e. The predicted molar refractivity (Wildman–Crippen MR) is 101 cm³/mol.